The zero-order valence-corrected chi connectivity index (χ0v) is 19.4. The van der Waals surface area contributed by atoms with E-state index in [1.54, 1.807) is 18.3 Å². The van der Waals surface area contributed by atoms with E-state index in [9.17, 15) is 13.2 Å². The lowest BCUT2D eigenvalue weighted by atomic mass is 10.1. The van der Waals surface area contributed by atoms with Gasteiger partial charge in [-0.2, -0.15) is 17.7 Å². The summed E-state index contributed by atoms with van der Waals surface area (Å²) < 4.78 is 47.8. The first kappa shape index (κ1) is 23.1. The minimum Gasteiger partial charge on any atom is -0.477 e. The van der Waals surface area contributed by atoms with Crippen LogP contribution < -0.4 is 15.0 Å². The monoisotopic (exact) mass is 486 g/mol. The third-order valence-corrected chi connectivity index (χ3v) is 6.01. The molecule has 184 valence electrons. The van der Waals surface area contributed by atoms with E-state index in [1.807, 2.05) is 13.0 Å². The number of nitrogens with one attached hydrogen (secondary N) is 1. The number of likely N-dealkylation sites (N-methyl/N-ethyl adjacent to an activating group) is 1. The van der Waals surface area contributed by atoms with Crippen LogP contribution in [-0.2, 0) is 12.7 Å². The molecular formula is C23H25F3N8O. The van der Waals surface area contributed by atoms with Crippen molar-refractivity contribution in [3.05, 3.63) is 47.9 Å². The Bertz CT molecular complexity index is 1350. The number of pyridine rings is 1. The van der Waals surface area contributed by atoms with Crippen molar-refractivity contribution >= 4 is 27.9 Å². The summed E-state index contributed by atoms with van der Waals surface area (Å²) in [5.41, 5.74) is 1.21. The van der Waals surface area contributed by atoms with Crippen LogP contribution in [0.1, 0.15) is 18.3 Å². The summed E-state index contributed by atoms with van der Waals surface area (Å²) >= 11 is 0. The van der Waals surface area contributed by atoms with Crippen LogP contribution in [0.3, 0.4) is 0 Å². The number of anilines is 2. The van der Waals surface area contributed by atoms with Crippen LogP contribution in [-0.4, -0.2) is 69.5 Å². The minimum atomic E-state index is -4.50. The van der Waals surface area contributed by atoms with E-state index in [4.69, 9.17) is 4.74 Å². The summed E-state index contributed by atoms with van der Waals surface area (Å²) in [7, 11) is 2.07. The summed E-state index contributed by atoms with van der Waals surface area (Å²) in [6, 6.07) is 7.50. The van der Waals surface area contributed by atoms with Crippen molar-refractivity contribution in [2.24, 2.45) is 0 Å². The van der Waals surface area contributed by atoms with Gasteiger partial charge in [0, 0.05) is 43.3 Å². The van der Waals surface area contributed by atoms with E-state index >= 15 is 0 Å². The Labute approximate surface area is 199 Å². The number of fused-ring (bicyclic) bond motifs is 2. The molecule has 1 aliphatic heterocycles. The number of hydrogen-bond acceptors (Lipinski definition) is 8. The van der Waals surface area contributed by atoms with Crippen molar-refractivity contribution < 1.29 is 17.9 Å². The number of alkyl halides is 3. The van der Waals surface area contributed by atoms with E-state index < -0.39 is 11.7 Å². The van der Waals surface area contributed by atoms with Gasteiger partial charge in [-0.05, 0) is 38.2 Å². The number of nitrogens with zero attached hydrogens (tertiary/aromatic N) is 7. The molecule has 1 aliphatic rings. The van der Waals surface area contributed by atoms with Gasteiger partial charge in [-0.15, -0.1) is 15.3 Å². The molecule has 35 heavy (non-hydrogen) atoms. The molecule has 5 rings (SSSR count). The highest BCUT2D eigenvalue weighted by atomic mass is 19.4. The van der Waals surface area contributed by atoms with Crippen LogP contribution in [0.5, 0.6) is 5.88 Å². The number of benzene rings is 1. The first-order valence-electron chi connectivity index (χ1n) is 11.3. The Kier molecular flexibility index (Phi) is 6.05. The topological polar surface area (TPSA) is 83.7 Å². The molecule has 0 unspecified atom stereocenters. The van der Waals surface area contributed by atoms with Crippen LogP contribution in [0.25, 0.3) is 16.6 Å². The molecule has 0 atom stereocenters. The number of ether oxygens (including phenoxy) is 1. The number of rotatable bonds is 6. The van der Waals surface area contributed by atoms with Gasteiger partial charge in [0.05, 0.1) is 36.1 Å². The zero-order chi connectivity index (χ0) is 24.6. The highest BCUT2D eigenvalue weighted by molar-refractivity contribution is 5.94. The van der Waals surface area contributed by atoms with E-state index in [0.29, 0.717) is 35.0 Å². The molecular weight excluding hydrogens is 461 g/mol. The average molecular weight is 487 g/mol. The standard InChI is InChI=1S/C23H25F3N8O/c1-3-35-22-5-4-20-29-30-21(34(20)31-22)14-28-19-11-15(23(24,25)26)10-18-17(19)12-16(13-27-18)33-8-6-32(2)7-9-33/h4-5,10-13,28H,3,6-9,14H2,1-2H3. The Morgan fingerprint density at radius 3 is 2.60 bits per heavy atom. The summed E-state index contributed by atoms with van der Waals surface area (Å²) in [5, 5.41) is 16.3. The van der Waals surface area contributed by atoms with Crippen LogP contribution in [0.15, 0.2) is 36.5 Å². The van der Waals surface area contributed by atoms with Crippen molar-refractivity contribution in [2.75, 3.05) is 50.1 Å². The SMILES string of the molecule is CCOc1ccc2nnc(CNc3cc(C(F)(F)F)cc4ncc(N5CCN(C)CC5)cc34)n2n1. The molecule has 0 radical (unpaired) electrons. The molecule has 9 nitrogen and oxygen atoms in total. The number of piperazine rings is 1. The molecule has 12 heteroatoms. The van der Waals surface area contributed by atoms with Gasteiger partial charge >= 0.3 is 6.18 Å². The van der Waals surface area contributed by atoms with Crippen LogP contribution >= 0.6 is 0 Å². The molecule has 0 amide bonds. The molecule has 3 aromatic heterocycles. The maximum Gasteiger partial charge on any atom is 0.416 e. The average Bonchev–Trinajstić information content (AvgIpc) is 3.24. The van der Waals surface area contributed by atoms with E-state index in [0.717, 1.165) is 44.0 Å². The van der Waals surface area contributed by atoms with Crippen molar-refractivity contribution in [3.63, 3.8) is 0 Å². The lowest BCUT2D eigenvalue weighted by Gasteiger charge is -2.34. The highest BCUT2D eigenvalue weighted by Crippen LogP contribution is 2.36. The first-order chi connectivity index (χ1) is 16.8. The molecule has 1 saturated heterocycles. The highest BCUT2D eigenvalue weighted by Gasteiger charge is 2.32. The lowest BCUT2D eigenvalue weighted by Crippen LogP contribution is -2.44. The third kappa shape index (κ3) is 4.78. The summed E-state index contributed by atoms with van der Waals surface area (Å²) in [4.78, 5) is 8.81. The smallest absolute Gasteiger partial charge is 0.416 e. The van der Waals surface area contributed by atoms with Gasteiger partial charge in [0.1, 0.15) is 0 Å². The van der Waals surface area contributed by atoms with Gasteiger partial charge in [-0.1, -0.05) is 0 Å². The molecule has 4 aromatic rings. The fourth-order valence-corrected chi connectivity index (χ4v) is 4.09. The predicted molar refractivity (Wildman–Crippen MR) is 126 cm³/mol. The maximum atomic E-state index is 13.6. The van der Waals surface area contributed by atoms with Crippen LogP contribution in [0.2, 0.25) is 0 Å². The van der Waals surface area contributed by atoms with Crippen molar-refractivity contribution in [1.82, 2.24) is 29.7 Å². The van der Waals surface area contributed by atoms with E-state index in [-0.39, 0.29) is 12.1 Å². The summed E-state index contributed by atoms with van der Waals surface area (Å²) in [6.45, 7) is 5.88. The fraction of sp³-hybridized carbons (Fsp3) is 0.391. The minimum absolute atomic E-state index is 0.110. The summed E-state index contributed by atoms with van der Waals surface area (Å²) in [5.74, 6) is 0.849. The van der Waals surface area contributed by atoms with Crippen LogP contribution in [0, 0.1) is 0 Å². The normalized spacial score (nSPS) is 15.2. The Morgan fingerprint density at radius 2 is 1.86 bits per heavy atom. The number of halogens is 3. The van der Waals surface area contributed by atoms with Crippen molar-refractivity contribution in [2.45, 2.75) is 19.6 Å². The fourth-order valence-electron chi connectivity index (χ4n) is 4.09. The number of hydrogen-bond donors (Lipinski definition) is 1. The molecule has 0 bridgehead atoms. The van der Waals surface area contributed by atoms with Gasteiger partial charge in [0.2, 0.25) is 5.88 Å². The van der Waals surface area contributed by atoms with E-state index in [1.165, 1.54) is 4.52 Å². The second-order valence-corrected chi connectivity index (χ2v) is 8.42. The number of aromatic nitrogens is 5. The molecule has 1 aromatic carbocycles. The summed E-state index contributed by atoms with van der Waals surface area (Å²) in [6.07, 6.45) is -2.86. The molecule has 0 aliphatic carbocycles. The predicted octanol–water partition coefficient (Wildman–Crippen LogP) is 3.45. The van der Waals surface area contributed by atoms with Gasteiger partial charge < -0.3 is 19.9 Å². The molecule has 1 fully saturated rings. The molecule has 0 saturated carbocycles. The first-order valence-corrected chi connectivity index (χ1v) is 11.3. The largest absolute Gasteiger partial charge is 0.477 e. The third-order valence-electron chi connectivity index (χ3n) is 6.01. The second-order valence-electron chi connectivity index (χ2n) is 8.42. The molecule has 0 spiro atoms. The van der Waals surface area contributed by atoms with Gasteiger partial charge in [-0.3, -0.25) is 4.98 Å². The lowest BCUT2D eigenvalue weighted by molar-refractivity contribution is -0.137. The van der Waals surface area contributed by atoms with Gasteiger partial charge in [0.25, 0.3) is 0 Å². The second kappa shape index (κ2) is 9.17. The molecule has 4 heterocycles. The van der Waals surface area contributed by atoms with Gasteiger partial charge in [-0.25, -0.2) is 0 Å². The molecule has 1 N–H and O–H groups in total. The quantitative estimate of drug-likeness (QED) is 0.444. The maximum absolute atomic E-state index is 13.6. The van der Waals surface area contributed by atoms with Crippen LogP contribution in [0.4, 0.5) is 24.5 Å². The zero-order valence-electron chi connectivity index (χ0n) is 19.4. The Morgan fingerprint density at radius 1 is 1.06 bits per heavy atom. The van der Waals surface area contributed by atoms with Crippen molar-refractivity contribution in [3.8, 4) is 5.88 Å². The van der Waals surface area contributed by atoms with Crippen molar-refractivity contribution in [1.29, 1.82) is 0 Å². The van der Waals surface area contributed by atoms with Gasteiger partial charge in [0.15, 0.2) is 11.5 Å². The Hall–Kier alpha value is -3.67. The Balaban J connectivity index is 1.50. The van der Waals surface area contributed by atoms with E-state index in [2.05, 4.69) is 42.4 Å².